The first kappa shape index (κ1) is 41.3. The number of carboxylic acids is 1. The van der Waals surface area contributed by atoms with Gasteiger partial charge in [-0.3, -0.25) is 24.4 Å². The number of carboxylic acid groups (broad SMARTS) is 1. The van der Waals surface area contributed by atoms with E-state index in [1.807, 2.05) is 50.2 Å². The zero-order valence-electron chi connectivity index (χ0n) is 31.0. The maximum absolute atomic E-state index is 14.5. The summed E-state index contributed by atoms with van der Waals surface area (Å²) in [5.74, 6) is -9.32. The summed E-state index contributed by atoms with van der Waals surface area (Å²) in [6, 6.07) is 32.1. The van der Waals surface area contributed by atoms with E-state index >= 15 is 0 Å². The lowest BCUT2D eigenvalue weighted by molar-refractivity contribution is -0.225. The Labute approximate surface area is 322 Å². The first-order valence-electron chi connectivity index (χ1n) is 18.3. The van der Waals surface area contributed by atoms with E-state index in [1.165, 1.54) is 9.80 Å². The fraction of sp³-hybridized carbons (Fsp3) is 0.333. The van der Waals surface area contributed by atoms with Gasteiger partial charge < -0.3 is 24.4 Å². The Kier molecular flexibility index (Phi) is 13.7. The number of alkyl halides is 3. The van der Waals surface area contributed by atoms with Gasteiger partial charge in [-0.1, -0.05) is 74.5 Å². The molecule has 4 atom stereocenters. The molecule has 14 heteroatoms. The molecule has 1 aliphatic carbocycles. The third kappa shape index (κ3) is 10.2. The zero-order chi connectivity index (χ0) is 40.4. The second-order valence-electron chi connectivity index (χ2n) is 13.6. The highest BCUT2D eigenvalue weighted by Gasteiger charge is 2.62. The molecule has 1 saturated carbocycles. The molecule has 3 amide bonds. The number of hydrogen-bond acceptors (Lipinski definition) is 7. The molecule has 1 aliphatic rings. The molecule has 2 N–H and O–H groups in total. The van der Waals surface area contributed by atoms with Gasteiger partial charge in [-0.2, -0.15) is 13.2 Å². The van der Waals surface area contributed by atoms with Gasteiger partial charge in [0, 0.05) is 32.1 Å². The molecular formula is C42H44F3N3O8. The smallest absolute Gasteiger partial charge is 0.473 e. The molecule has 0 heterocycles. The largest absolute Gasteiger partial charge is 0.481 e. The van der Waals surface area contributed by atoms with Crippen molar-refractivity contribution >= 4 is 23.7 Å². The molecule has 0 bridgehead atoms. The predicted molar refractivity (Wildman–Crippen MR) is 198 cm³/mol. The van der Waals surface area contributed by atoms with E-state index in [2.05, 4.69) is 0 Å². The molecule has 1 fully saturated rings. The van der Waals surface area contributed by atoms with Crippen LogP contribution in [0.15, 0.2) is 109 Å². The first-order chi connectivity index (χ1) is 26.8. The standard InChI is InChI=1S/C42H44F3N3O8/c1-3-23-46(25-28-15-19-32(20-16-28)55-30-11-7-5-8-12-30)38(49)35-34(27-48(54)41(53)42(43,44)45)36(40(51)52)37(35)39(50)47(24-4-2)26-29-17-21-33(22-18-29)56-31-13-9-6-10-14-31/h5-22,34-37,54H,3-4,23-27H2,1-2H3,(H,51,52). The molecule has 296 valence electrons. The van der Waals surface area contributed by atoms with Crippen molar-refractivity contribution in [3.8, 4) is 23.0 Å². The second kappa shape index (κ2) is 18.6. The van der Waals surface area contributed by atoms with E-state index in [-0.39, 0.29) is 26.2 Å². The number of nitrogens with zero attached hydrogens (tertiary/aromatic N) is 3. The molecule has 56 heavy (non-hydrogen) atoms. The highest BCUT2D eigenvalue weighted by molar-refractivity contribution is 5.95. The van der Waals surface area contributed by atoms with Gasteiger partial charge in [-0.25, -0.2) is 5.06 Å². The lowest BCUT2D eigenvalue weighted by Gasteiger charge is -2.51. The van der Waals surface area contributed by atoms with Gasteiger partial charge in [0.05, 0.1) is 24.3 Å². The van der Waals surface area contributed by atoms with Gasteiger partial charge in [0.1, 0.15) is 23.0 Å². The maximum Gasteiger partial charge on any atom is 0.473 e. The van der Waals surface area contributed by atoms with Gasteiger partial charge >= 0.3 is 18.1 Å². The number of carbonyl (C=O) groups is 4. The molecule has 0 saturated heterocycles. The third-order valence-electron chi connectivity index (χ3n) is 9.57. The molecule has 0 aromatic heterocycles. The summed E-state index contributed by atoms with van der Waals surface area (Å²) in [6.07, 6.45) is -4.52. The fourth-order valence-corrected chi connectivity index (χ4v) is 6.98. The number of aliphatic carboxylic acids is 1. The number of hydrogen-bond donors (Lipinski definition) is 2. The average Bonchev–Trinajstić information content (AvgIpc) is 3.17. The van der Waals surface area contributed by atoms with Crippen molar-refractivity contribution in [2.45, 2.75) is 46.0 Å². The Hall–Kier alpha value is -5.89. The highest BCUT2D eigenvalue weighted by Crippen LogP contribution is 2.49. The lowest BCUT2D eigenvalue weighted by atomic mass is 9.55. The monoisotopic (exact) mass is 775 g/mol. The van der Waals surface area contributed by atoms with Gasteiger partial charge in [0.2, 0.25) is 11.8 Å². The van der Waals surface area contributed by atoms with E-state index in [0.717, 1.165) is 0 Å². The lowest BCUT2D eigenvalue weighted by Crippen LogP contribution is -2.64. The summed E-state index contributed by atoms with van der Waals surface area (Å²) in [6.45, 7) is 2.94. The predicted octanol–water partition coefficient (Wildman–Crippen LogP) is 7.79. The Bertz CT molecular complexity index is 1930. The summed E-state index contributed by atoms with van der Waals surface area (Å²) in [5.41, 5.74) is 1.35. The average molecular weight is 776 g/mol. The van der Waals surface area contributed by atoms with Crippen LogP contribution < -0.4 is 9.47 Å². The minimum Gasteiger partial charge on any atom is -0.481 e. The van der Waals surface area contributed by atoms with Crippen LogP contribution in [0, 0.1) is 23.7 Å². The van der Waals surface area contributed by atoms with Crippen molar-refractivity contribution in [3.63, 3.8) is 0 Å². The zero-order valence-corrected chi connectivity index (χ0v) is 31.0. The van der Waals surface area contributed by atoms with E-state index in [1.54, 1.807) is 72.8 Å². The van der Waals surface area contributed by atoms with Crippen LogP contribution in [-0.4, -0.2) is 74.7 Å². The van der Waals surface area contributed by atoms with E-state index in [9.17, 15) is 42.7 Å². The number of rotatable bonds is 17. The second-order valence-corrected chi connectivity index (χ2v) is 13.6. The van der Waals surface area contributed by atoms with E-state index in [0.29, 0.717) is 47.0 Å². The fourth-order valence-electron chi connectivity index (χ4n) is 6.98. The Balaban J connectivity index is 1.41. The Morgan fingerprint density at radius 3 is 1.38 bits per heavy atom. The summed E-state index contributed by atoms with van der Waals surface area (Å²) in [7, 11) is 0. The normalized spacial score (nSPS) is 17.6. The van der Waals surface area contributed by atoms with Crippen molar-refractivity contribution in [2.24, 2.45) is 23.7 Å². The topological polar surface area (TPSA) is 137 Å². The summed E-state index contributed by atoms with van der Waals surface area (Å²) >= 11 is 0. The number of benzene rings is 4. The quantitative estimate of drug-likeness (QED) is 0.0820. The number of para-hydroxylation sites is 2. The molecule has 0 radical (unpaired) electrons. The van der Waals surface area contributed by atoms with Crippen LogP contribution in [0.3, 0.4) is 0 Å². The molecular weight excluding hydrogens is 731 g/mol. The SMILES string of the molecule is CCCN(Cc1ccc(Oc2ccccc2)cc1)C(=O)C1C(CN(O)C(=O)C(F)(F)F)C(C(=O)O)C1C(=O)N(CCC)Cc1ccc(Oc2ccccc2)cc1. The molecule has 4 unspecified atom stereocenters. The number of carbonyl (C=O) groups excluding carboxylic acids is 3. The van der Waals surface area contributed by atoms with Crippen LogP contribution in [0.4, 0.5) is 13.2 Å². The van der Waals surface area contributed by atoms with Crippen LogP contribution in [0.2, 0.25) is 0 Å². The van der Waals surface area contributed by atoms with Crippen molar-refractivity contribution < 1.29 is 52.1 Å². The van der Waals surface area contributed by atoms with Crippen molar-refractivity contribution in [2.75, 3.05) is 19.6 Å². The van der Waals surface area contributed by atoms with Gasteiger partial charge in [0.15, 0.2) is 0 Å². The molecule has 0 aliphatic heterocycles. The molecule has 4 aromatic carbocycles. The van der Waals surface area contributed by atoms with Crippen molar-refractivity contribution in [3.05, 3.63) is 120 Å². The summed E-state index contributed by atoms with van der Waals surface area (Å²) in [4.78, 5) is 56.5. The van der Waals surface area contributed by atoms with E-state index < -0.39 is 65.1 Å². The minimum absolute atomic E-state index is 0.0283. The number of amides is 3. The maximum atomic E-state index is 14.5. The summed E-state index contributed by atoms with van der Waals surface area (Å²) < 4.78 is 51.7. The van der Waals surface area contributed by atoms with Gasteiger partial charge in [-0.05, 0) is 72.5 Å². The molecule has 0 spiro atoms. The van der Waals surface area contributed by atoms with Crippen LogP contribution in [0.5, 0.6) is 23.0 Å². The number of halogens is 3. The molecule has 5 rings (SSSR count). The number of ether oxygens (including phenoxy) is 2. The van der Waals surface area contributed by atoms with Crippen LogP contribution >= 0.6 is 0 Å². The van der Waals surface area contributed by atoms with Crippen molar-refractivity contribution in [1.82, 2.24) is 14.9 Å². The van der Waals surface area contributed by atoms with Crippen LogP contribution in [0.1, 0.15) is 37.8 Å². The molecule has 4 aromatic rings. The minimum atomic E-state index is -5.46. The molecule has 11 nitrogen and oxygen atoms in total. The van der Waals surface area contributed by atoms with Crippen molar-refractivity contribution in [1.29, 1.82) is 0 Å². The Morgan fingerprint density at radius 1 is 0.607 bits per heavy atom. The Morgan fingerprint density at radius 2 is 1.00 bits per heavy atom. The first-order valence-corrected chi connectivity index (χ1v) is 18.3. The third-order valence-corrected chi connectivity index (χ3v) is 9.57. The van der Waals surface area contributed by atoms with Crippen LogP contribution in [-0.2, 0) is 32.3 Å². The summed E-state index contributed by atoms with van der Waals surface area (Å²) in [5, 5.41) is 20.0. The van der Waals surface area contributed by atoms with E-state index in [4.69, 9.17) is 9.47 Å². The number of hydroxylamine groups is 2. The van der Waals surface area contributed by atoms with Crippen LogP contribution in [0.25, 0.3) is 0 Å². The van der Waals surface area contributed by atoms with Gasteiger partial charge in [-0.15, -0.1) is 0 Å². The van der Waals surface area contributed by atoms with Gasteiger partial charge in [0.25, 0.3) is 0 Å². The highest BCUT2D eigenvalue weighted by atomic mass is 19.4.